The van der Waals surface area contributed by atoms with Crippen molar-refractivity contribution in [1.29, 1.82) is 0 Å². The molecule has 0 amide bonds. The van der Waals surface area contributed by atoms with Crippen molar-refractivity contribution in [3.05, 3.63) is 41.7 Å². The zero-order valence-corrected chi connectivity index (χ0v) is 9.13. The summed E-state index contributed by atoms with van der Waals surface area (Å²) in [5, 5.41) is 8.44. The maximum atomic E-state index is 10.4. The molecule has 2 rings (SSSR count). The number of para-hydroxylation sites is 1. The Kier molecular flexibility index (Phi) is 3.10. The fraction of sp³-hybridized carbons (Fsp3) is 0.250. The van der Waals surface area contributed by atoms with Gasteiger partial charge in [-0.05, 0) is 25.0 Å². The van der Waals surface area contributed by atoms with Crippen LogP contribution >= 0.6 is 0 Å². The molecule has 0 N–H and O–H groups in total. The summed E-state index contributed by atoms with van der Waals surface area (Å²) in [6.45, 7) is 1.90. The molecule has 2 aromatic rings. The zero-order valence-electron chi connectivity index (χ0n) is 9.13. The molecule has 4 heteroatoms. The lowest BCUT2D eigenvalue weighted by Gasteiger charge is -2.06. The minimum absolute atomic E-state index is 0.525. The highest BCUT2D eigenvalue weighted by atomic mass is 16.1. The highest BCUT2D eigenvalue weighted by molar-refractivity contribution is 5.51. The second-order valence-corrected chi connectivity index (χ2v) is 3.61. The van der Waals surface area contributed by atoms with E-state index in [1.54, 1.807) is 11.0 Å². The molecule has 0 spiro atoms. The molecular weight excluding hydrogens is 202 g/mol. The van der Waals surface area contributed by atoms with Gasteiger partial charge in [-0.2, -0.15) is 15.0 Å². The summed E-state index contributed by atoms with van der Waals surface area (Å²) in [6, 6.07) is 7.86. The zero-order chi connectivity index (χ0) is 11.4. The number of nitrogens with zero attached hydrogens (tertiary/aromatic N) is 3. The van der Waals surface area contributed by atoms with Gasteiger partial charge in [0.05, 0.1) is 17.6 Å². The molecule has 1 aromatic heterocycles. The van der Waals surface area contributed by atoms with E-state index >= 15 is 0 Å². The van der Waals surface area contributed by atoms with Gasteiger partial charge in [0.25, 0.3) is 0 Å². The van der Waals surface area contributed by atoms with Crippen molar-refractivity contribution < 1.29 is 4.79 Å². The van der Waals surface area contributed by atoms with Crippen LogP contribution in [0.25, 0.3) is 5.69 Å². The van der Waals surface area contributed by atoms with E-state index in [-0.39, 0.29) is 0 Å². The van der Waals surface area contributed by atoms with Gasteiger partial charge in [-0.15, -0.1) is 0 Å². The first kappa shape index (κ1) is 10.5. The third-order valence-electron chi connectivity index (χ3n) is 2.35. The van der Waals surface area contributed by atoms with Crippen LogP contribution < -0.4 is 0 Å². The average Bonchev–Trinajstić information content (AvgIpc) is 2.73. The van der Waals surface area contributed by atoms with E-state index in [2.05, 4.69) is 10.2 Å². The standard InChI is InChI=1S/C12H13N3O/c1-10-9-13-15(14-10)12-7-3-2-5-11(12)6-4-8-16/h2-3,5,7-9H,4,6H2,1H3. The van der Waals surface area contributed by atoms with Gasteiger partial charge in [-0.25, -0.2) is 0 Å². The minimum Gasteiger partial charge on any atom is -0.303 e. The maximum Gasteiger partial charge on any atom is 0.120 e. The number of aromatic nitrogens is 3. The van der Waals surface area contributed by atoms with Gasteiger partial charge in [0.15, 0.2) is 0 Å². The molecule has 0 atom stereocenters. The number of aldehydes is 1. The predicted octanol–water partition coefficient (Wildman–Crippen LogP) is 1.71. The maximum absolute atomic E-state index is 10.4. The number of benzene rings is 1. The first-order chi connectivity index (χ1) is 7.81. The molecule has 1 heterocycles. The van der Waals surface area contributed by atoms with Gasteiger partial charge >= 0.3 is 0 Å². The van der Waals surface area contributed by atoms with Crippen molar-refractivity contribution >= 4 is 6.29 Å². The molecule has 0 aliphatic heterocycles. The Morgan fingerprint density at radius 2 is 2.19 bits per heavy atom. The van der Waals surface area contributed by atoms with E-state index in [0.29, 0.717) is 6.42 Å². The van der Waals surface area contributed by atoms with E-state index in [1.807, 2.05) is 31.2 Å². The summed E-state index contributed by atoms with van der Waals surface area (Å²) in [5.74, 6) is 0. The van der Waals surface area contributed by atoms with Gasteiger partial charge in [-0.3, -0.25) is 0 Å². The van der Waals surface area contributed by atoms with Gasteiger partial charge in [0.1, 0.15) is 6.29 Å². The number of carbonyl (C=O) groups excluding carboxylic acids is 1. The molecule has 0 fully saturated rings. The van der Waals surface area contributed by atoms with Crippen LogP contribution in [0.1, 0.15) is 17.7 Å². The van der Waals surface area contributed by atoms with Crippen molar-refractivity contribution in [3.8, 4) is 5.69 Å². The van der Waals surface area contributed by atoms with Crippen LogP contribution in [-0.4, -0.2) is 21.3 Å². The van der Waals surface area contributed by atoms with Crippen molar-refractivity contribution in [2.24, 2.45) is 0 Å². The monoisotopic (exact) mass is 215 g/mol. The van der Waals surface area contributed by atoms with Crippen molar-refractivity contribution in [1.82, 2.24) is 15.0 Å². The Bertz CT molecular complexity index is 491. The summed E-state index contributed by atoms with van der Waals surface area (Å²) in [6.07, 6.45) is 3.90. The summed E-state index contributed by atoms with van der Waals surface area (Å²) >= 11 is 0. The van der Waals surface area contributed by atoms with Gasteiger partial charge in [0, 0.05) is 6.42 Å². The Morgan fingerprint density at radius 3 is 2.88 bits per heavy atom. The summed E-state index contributed by atoms with van der Waals surface area (Å²) in [4.78, 5) is 12.0. The Balaban J connectivity index is 2.35. The smallest absolute Gasteiger partial charge is 0.120 e. The van der Waals surface area contributed by atoms with Crippen LogP contribution in [0.5, 0.6) is 0 Å². The molecule has 0 aliphatic carbocycles. The largest absolute Gasteiger partial charge is 0.303 e. The number of hydrogen-bond donors (Lipinski definition) is 0. The number of aryl methyl sites for hydroxylation is 2. The molecular formula is C12H13N3O. The lowest BCUT2D eigenvalue weighted by atomic mass is 10.1. The Morgan fingerprint density at radius 1 is 1.38 bits per heavy atom. The molecule has 16 heavy (non-hydrogen) atoms. The summed E-state index contributed by atoms with van der Waals surface area (Å²) < 4.78 is 0. The van der Waals surface area contributed by atoms with E-state index in [9.17, 15) is 4.79 Å². The fourth-order valence-electron chi connectivity index (χ4n) is 1.59. The van der Waals surface area contributed by atoms with Gasteiger partial charge < -0.3 is 4.79 Å². The van der Waals surface area contributed by atoms with Crippen molar-refractivity contribution in [2.45, 2.75) is 19.8 Å². The normalized spacial score (nSPS) is 10.3. The summed E-state index contributed by atoms with van der Waals surface area (Å²) in [7, 11) is 0. The molecule has 0 aliphatic rings. The molecule has 1 aromatic carbocycles. The highest BCUT2D eigenvalue weighted by Gasteiger charge is 2.05. The predicted molar refractivity (Wildman–Crippen MR) is 60.5 cm³/mol. The van der Waals surface area contributed by atoms with Crippen LogP contribution in [0.15, 0.2) is 30.5 Å². The second-order valence-electron chi connectivity index (χ2n) is 3.61. The topological polar surface area (TPSA) is 47.8 Å². The lowest BCUT2D eigenvalue weighted by molar-refractivity contribution is -0.107. The fourth-order valence-corrected chi connectivity index (χ4v) is 1.59. The van der Waals surface area contributed by atoms with Crippen LogP contribution in [0.2, 0.25) is 0 Å². The third-order valence-corrected chi connectivity index (χ3v) is 2.35. The first-order valence-corrected chi connectivity index (χ1v) is 5.22. The van der Waals surface area contributed by atoms with Gasteiger partial charge in [0.2, 0.25) is 0 Å². The molecule has 0 unspecified atom stereocenters. The Hall–Kier alpha value is -1.97. The second kappa shape index (κ2) is 4.70. The first-order valence-electron chi connectivity index (χ1n) is 5.22. The van der Waals surface area contributed by atoms with E-state index < -0.39 is 0 Å². The average molecular weight is 215 g/mol. The SMILES string of the molecule is Cc1cnn(-c2ccccc2CCC=O)n1. The molecule has 0 saturated carbocycles. The molecule has 0 bridgehead atoms. The van der Waals surface area contributed by atoms with Crippen LogP contribution in [-0.2, 0) is 11.2 Å². The number of rotatable bonds is 4. The molecule has 0 saturated heterocycles. The van der Waals surface area contributed by atoms with E-state index in [0.717, 1.165) is 29.7 Å². The highest BCUT2D eigenvalue weighted by Crippen LogP contribution is 2.14. The van der Waals surface area contributed by atoms with E-state index in [4.69, 9.17) is 0 Å². The number of carbonyl (C=O) groups is 1. The lowest BCUT2D eigenvalue weighted by Crippen LogP contribution is -2.03. The van der Waals surface area contributed by atoms with E-state index in [1.165, 1.54) is 0 Å². The van der Waals surface area contributed by atoms with Crippen LogP contribution in [0.4, 0.5) is 0 Å². The molecule has 82 valence electrons. The quantitative estimate of drug-likeness (QED) is 0.729. The van der Waals surface area contributed by atoms with Crippen molar-refractivity contribution in [2.75, 3.05) is 0 Å². The third kappa shape index (κ3) is 2.16. The molecule has 0 radical (unpaired) electrons. The van der Waals surface area contributed by atoms with Crippen LogP contribution in [0.3, 0.4) is 0 Å². The number of hydrogen-bond acceptors (Lipinski definition) is 3. The van der Waals surface area contributed by atoms with Crippen LogP contribution in [0, 0.1) is 6.92 Å². The molecule has 4 nitrogen and oxygen atoms in total. The minimum atomic E-state index is 0.525. The Labute approximate surface area is 93.9 Å². The summed E-state index contributed by atoms with van der Waals surface area (Å²) in [5.41, 5.74) is 2.91. The van der Waals surface area contributed by atoms with Gasteiger partial charge in [-0.1, -0.05) is 18.2 Å². The van der Waals surface area contributed by atoms with Crippen molar-refractivity contribution in [3.63, 3.8) is 0 Å².